The van der Waals surface area contributed by atoms with Gasteiger partial charge in [-0.2, -0.15) is 5.10 Å². The number of aryl methyl sites for hydroxylation is 1. The maximum atomic E-state index is 12.3. The average molecular weight is 268 g/mol. The smallest absolute Gasteiger partial charge is 0.233 e. The predicted molar refractivity (Wildman–Crippen MR) is 71.3 cm³/mol. The van der Waals surface area contributed by atoms with Crippen molar-refractivity contribution in [2.45, 2.75) is 50.4 Å². The molecule has 0 saturated carbocycles. The molecule has 0 spiro atoms. The van der Waals surface area contributed by atoms with E-state index in [0.29, 0.717) is 17.8 Å². The second kappa shape index (κ2) is 5.73. The van der Waals surface area contributed by atoms with Gasteiger partial charge in [-0.3, -0.25) is 4.79 Å². The molecular weight excluding hydrogens is 248 g/mol. The van der Waals surface area contributed by atoms with E-state index in [1.807, 2.05) is 11.9 Å². The van der Waals surface area contributed by atoms with Crippen LogP contribution >= 0.6 is 11.8 Å². The molecule has 2 heterocycles. The van der Waals surface area contributed by atoms with Crippen molar-refractivity contribution in [3.8, 4) is 0 Å². The van der Waals surface area contributed by atoms with E-state index in [4.69, 9.17) is 0 Å². The van der Waals surface area contributed by atoms with Crippen molar-refractivity contribution in [3.05, 3.63) is 6.33 Å². The van der Waals surface area contributed by atoms with Gasteiger partial charge in [0.25, 0.3) is 0 Å². The molecule has 5 nitrogen and oxygen atoms in total. The molecule has 1 aromatic heterocycles. The number of rotatable bonds is 3. The fourth-order valence-electron chi connectivity index (χ4n) is 2.53. The normalized spacial score (nSPS) is 24.3. The summed E-state index contributed by atoms with van der Waals surface area (Å²) >= 11 is 1.46. The Morgan fingerprint density at radius 2 is 2.11 bits per heavy atom. The minimum atomic E-state index is 0.211. The number of nitrogens with zero attached hydrogens (tertiary/aromatic N) is 4. The first kappa shape index (κ1) is 13.4. The van der Waals surface area contributed by atoms with E-state index in [1.54, 1.807) is 4.68 Å². The fourth-order valence-corrected chi connectivity index (χ4v) is 3.29. The largest absolute Gasteiger partial charge is 0.337 e. The Bertz CT molecular complexity index is 410. The van der Waals surface area contributed by atoms with E-state index in [9.17, 15) is 4.79 Å². The van der Waals surface area contributed by atoms with Crippen LogP contribution in [0.15, 0.2) is 11.5 Å². The van der Waals surface area contributed by atoms with Gasteiger partial charge in [-0.25, -0.2) is 9.67 Å². The summed E-state index contributed by atoms with van der Waals surface area (Å²) in [5.41, 5.74) is 0. The standard InChI is InChI=1S/C12H20N4OS/c1-9-5-4-6-10(2)16(9)11(17)7-18-12-13-8-14-15(12)3/h8-10H,4-7H2,1-3H3/t9-,10-/m0/s1. The Labute approximate surface area is 112 Å². The van der Waals surface area contributed by atoms with Crippen LogP contribution in [0.2, 0.25) is 0 Å². The molecule has 1 aliphatic rings. The zero-order valence-corrected chi connectivity index (χ0v) is 12.0. The van der Waals surface area contributed by atoms with E-state index < -0.39 is 0 Å². The van der Waals surface area contributed by atoms with E-state index in [1.165, 1.54) is 24.5 Å². The minimum Gasteiger partial charge on any atom is -0.337 e. The van der Waals surface area contributed by atoms with Crippen molar-refractivity contribution in [2.24, 2.45) is 7.05 Å². The third kappa shape index (κ3) is 2.85. The summed E-state index contributed by atoms with van der Waals surface area (Å²) in [6, 6.07) is 0.725. The monoisotopic (exact) mass is 268 g/mol. The van der Waals surface area contributed by atoms with Gasteiger partial charge < -0.3 is 4.90 Å². The number of hydrogen-bond donors (Lipinski definition) is 0. The molecule has 0 aromatic carbocycles. The van der Waals surface area contributed by atoms with Crippen molar-refractivity contribution < 1.29 is 4.79 Å². The van der Waals surface area contributed by atoms with Crippen molar-refractivity contribution in [3.63, 3.8) is 0 Å². The summed E-state index contributed by atoms with van der Waals surface area (Å²) in [5, 5.41) is 4.79. The number of carbonyl (C=O) groups is 1. The van der Waals surface area contributed by atoms with E-state index in [0.717, 1.165) is 18.0 Å². The van der Waals surface area contributed by atoms with Gasteiger partial charge in [0.2, 0.25) is 5.91 Å². The summed E-state index contributed by atoms with van der Waals surface area (Å²) in [5.74, 6) is 0.656. The van der Waals surface area contributed by atoms with Crippen molar-refractivity contribution in [2.75, 3.05) is 5.75 Å². The van der Waals surface area contributed by atoms with Crippen LogP contribution in [-0.2, 0) is 11.8 Å². The fraction of sp³-hybridized carbons (Fsp3) is 0.750. The van der Waals surface area contributed by atoms with Crippen LogP contribution < -0.4 is 0 Å². The zero-order chi connectivity index (χ0) is 13.1. The van der Waals surface area contributed by atoms with Gasteiger partial charge in [0.05, 0.1) is 5.75 Å². The molecule has 1 fully saturated rings. The maximum absolute atomic E-state index is 12.3. The lowest BCUT2D eigenvalue weighted by atomic mass is 9.98. The molecule has 0 bridgehead atoms. The number of piperidine rings is 1. The lowest BCUT2D eigenvalue weighted by Gasteiger charge is -2.39. The lowest BCUT2D eigenvalue weighted by molar-refractivity contribution is -0.134. The molecule has 1 aromatic rings. The summed E-state index contributed by atoms with van der Waals surface area (Å²) in [6.45, 7) is 4.28. The molecule has 6 heteroatoms. The van der Waals surface area contributed by atoms with Crippen LogP contribution in [-0.4, -0.2) is 43.4 Å². The molecule has 0 unspecified atom stereocenters. The first-order chi connectivity index (χ1) is 8.59. The van der Waals surface area contributed by atoms with Crippen LogP contribution in [0.25, 0.3) is 0 Å². The topological polar surface area (TPSA) is 51.0 Å². The second-order valence-electron chi connectivity index (χ2n) is 4.88. The zero-order valence-electron chi connectivity index (χ0n) is 11.2. The van der Waals surface area contributed by atoms with Gasteiger partial charge in [0.15, 0.2) is 5.16 Å². The Kier molecular flexibility index (Phi) is 4.27. The highest BCUT2D eigenvalue weighted by Crippen LogP contribution is 2.24. The number of carbonyl (C=O) groups excluding carboxylic acids is 1. The minimum absolute atomic E-state index is 0.211. The maximum Gasteiger partial charge on any atom is 0.233 e. The molecule has 2 rings (SSSR count). The molecule has 2 atom stereocenters. The highest BCUT2D eigenvalue weighted by Gasteiger charge is 2.28. The highest BCUT2D eigenvalue weighted by molar-refractivity contribution is 7.99. The summed E-state index contributed by atoms with van der Waals surface area (Å²) < 4.78 is 1.70. The van der Waals surface area contributed by atoms with Crippen molar-refractivity contribution >= 4 is 17.7 Å². The summed E-state index contributed by atoms with van der Waals surface area (Å²) in [4.78, 5) is 18.4. The Hall–Kier alpha value is -1.04. The molecule has 0 radical (unpaired) electrons. The SMILES string of the molecule is C[C@H]1CCC[C@H](C)N1C(=O)CSc1ncnn1C. The van der Waals surface area contributed by atoms with E-state index in [2.05, 4.69) is 23.9 Å². The average Bonchev–Trinajstić information content (AvgIpc) is 2.72. The second-order valence-corrected chi connectivity index (χ2v) is 5.83. The van der Waals surface area contributed by atoms with Crippen LogP contribution in [0.4, 0.5) is 0 Å². The van der Waals surface area contributed by atoms with Gasteiger partial charge in [0.1, 0.15) is 6.33 Å². The van der Waals surface area contributed by atoms with Crippen molar-refractivity contribution in [1.82, 2.24) is 19.7 Å². The van der Waals surface area contributed by atoms with Crippen molar-refractivity contribution in [1.29, 1.82) is 0 Å². The molecule has 0 aliphatic carbocycles. The number of hydrogen-bond acceptors (Lipinski definition) is 4. The Balaban J connectivity index is 1.93. The lowest BCUT2D eigenvalue weighted by Crippen LogP contribution is -2.48. The quantitative estimate of drug-likeness (QED) is 0.783. The molecule has 18 heavy (non-hydrogen) atoms. The Morgan fingerprint density at radius 1 is 1.44 bits per heavy atom. The van der Waals surface area contributed by atoms with E-state index >= 15 is 0 Å². The summed E-state index contributed by atoms with van der Waals surface area (Å²) in [7, 11) is 1.84. The molecule has 0 N–H and O–H groups in total. The van der Waals surface area contributed by atoms with Crippen LogP contribution in [0.3, 0.4) is 0 Å². The van der Waals surface area contributed by atoms with Crippen LogP contribution in [0, 0.1) is 0 Å². The molecule has 1 aliphatic heterocycles. The molecule has 1 amide bonds. The number of amides is 1. The van der Waals surface area contributed by atoms with Gasteiger partial charge in [0, 0.05) is 19.1 Å². The number of thioether (sulfide) groups is 1. The van der Waals surface area contributed by atoms with Gasteiger partial charge in [-0.1, -0.05) is 11.8 Å². The van der Waals surface area contributed by atoms with E-state index in [-0.39, 0.29) is 5.91 Å². The first-order valence-electron chi connectivity index (χ1n) is 6.37. The highest BCUT2D eigenvalue weighted by atomic mass is 32.2. The van der Waals surface area contributed by atoms with Gasteiger partial charge in [-0.15, -0.1) is 0 Å². The first-order valence-corrected chi connectivity index (χ1v) is 7.36. The third-order valence-electron chi connectivity index (χ3n) is 3.48. The third-order valence-corrected chi connectivity index (χ3v) is 4.50. The number of likely N-dealkylation sites (tertiary alicyclic amines) is 1. The molecular formula is C12H20N4OS. The summed E-state index contributed by atoms with van der Waals surface area (Å²) in [6.07, 6.45) is 4.97. The molecule has 100 valence electrons. The van der Waals surface area contributed by atoms with Gasteiger partial charge in [-0.05, 0) is 33.1 Å². The molecule has 1 saturated heterocycles. The Morgan fingerprint density at radius 3 is 2.67 bits per heavy atom. The van der Waals surface area contributed by atoms with Crippen LogP contribution in [0.1, 0.15) is 33.1 Å². The van der Waals surface area contributed by atoms with Crippen LogP contribution in [0.5, 0.6) is 0 Å². The number of aromatic nitrogens is 3. The predicted octanol–water partition coefficient (Wildman–Crippen LogP) is 1.70. The van der Waals surface area contributed by atoms with Gasteiger partial charge >= 0.3 is 0 Å².